The van der Waals surface area contributed by atoms with Crippen LogP contribution in [0.15, 0.2) is 84.4 Å². The van der Waals surface area contributed by atoms with E-state index in [9.17, 15) is 9.90 Å². The number of methoxy groups -OCH3 is 2. The molecule has 1 N–H and O–H groups in total. The number of carbonyl (C=O) groups excluding carboxylic acids is 1. The van der Waals surface area contributed by atoms with Crippen molar-refractivity contribution >= 4 is 11.9 Å². The third-order valence-electron chi connectivity index (χ3n) is 9.18. The number of hydrogen-bond acceptors (Lipinski definition) is 5. The molecule has 202 valence electrons. The van der Waals surface area contributed by atoms with Gasteiger partial charge in [0.1, 0.15) is 11.5 Å². The Hall–Kier alpha value is -3.41. The Kier molecular flexibility index (Phi) is 6.82. The Balaban J connectivity index is 1.51. The van der Waals surface area contributed by atoms with Gasteiger partial charge in [-0.2, -0.15) is 0 Å². The van der Waals surface area contributed by atoms with E-state index >= 15 is 0 Å². The van der Waals surface area contributed by atoms with Gasteiger partial charge in [-0.15, -0.1) is 0 Å². The summed E-state index contributed by atoms with van der Waals surface area (Å²) in [4.78, 5) is 14.8. The maximum atomic E-state index is 14.8. The summed E-state index contributed by atoms with van der Waals surface area (Å²) in [6, 6.07) is 25.9. The van der Waals surface area contributed by atoms with E-state index < -0.39 is 17.3 Å². The molecule has 2 aliphatic carbocycles. The van der Waals surface area contributed by atoms with Crippen molar-refractivity contribution in [2.75, 3.05) is 14.2 Å². The zero-order chi connectivity index (χ0) is 27.0. The van der Waals surface area contributed by atoms with Crippen LogP contribution in [0, 0.1) is 11.3 Å². The first-order valence-electron chi connectivity index (χ1n) is 14.0. The van der Waals surface area contributed by atoms with E-state index in [1.54, 1.807) is 14.2 Å². The predicted molar refractivity (Wildman–Crippen MR) is 151 cm³/mol. The monoisotopic (exact) mass is 524 g/mol. The Morgan fingerprint density at radius 3 is 2.18 bits per heavy atom. The molecule has 5 atom stereocenters. The van der Waals surface area contributed by atoms with Crippen molar-refractivity contribution in [3.05, 3.63) is 101 Å². The minimum absolute atomic E-state index is 0.126. The number of Topliss-reactive ketones (excluding diaryl/α,β-unsaturated/α-hetero) is 1. The van der Waals surface area contributed by atoms with Crippen LogP contribution in [0.25, 0.3) is 6.08 Å². The number of fused-ring (bicyclic) bond motifs is 1. The summed E-state index contributed by atoms with van der Waals surface area (Å²) in [5.41, 5.74) is 2.95. The first kappa shape index (κ1) is 25.8. The summed E-state index contributed by atoms with van der Waals surface area (Å²) in [6.45, 7) is 0. The maximum Gasteiger partial charge on any atom is 0.169 e. The summed E-state index contributed by atoms with van der Waals surface area (Å²) in [5.74, 6) is 0.0481. The Bertz CT molecular complexity index is 1350. The van der Waals surface area contributed by atoms with Crippen molar-refractivity contribution in [2.45, 2.75) is 56.3 Å². The van der Waals surface area contributed by atoms with Crippen LogP contribution in [0.5, 0.6) is 11.5 Å². The molecule has 3 aromatic rings. The molecule has 39 heavy (non-hydrogen) atoms. The highest BCUT2D eigenvalue weighted by atomic mass is 16.6. The molecular formula is C34H36O5. The van der Waals surface area contributed by atoms with Crippen molar-refractivity contribution in [1.29, 1.82) is 0 Å². The maximum absolute atomic E-state index is 14.8. The molecule has 2 saturated carbocycles. The van der Waals surface area contributed by atoms with Gasteiger partial charge in [0.2, 0.25) is 0 Å². The van der Waals surface area contributed by atoms with E-state index in [2.05, 4.69) is 12.1 Å². The van der Waals surface area contributed by atoms with Crippen LogP contribution < -0.4 is 9.47 Å². The fraction of sp³-hybridized carbons (Fsp3) is 0.382. The molecule has 1 spiro atoms. The van der Waals surface area contributed by atoms with E-state index in [0.717, 1.165) is 53.0 Å². The number of hydrogen-bond donors (Lipinski definition) is 1. The van der Waals surface area contributed by atoms with E-state index in [0.29, 0.717) is 19.3 Å². The summed E-state index contributed by atoms with van der Waals surface area (Å²) in [6.07, 6.45) is 6.10. The van der Waals surface area contributed by atoms with Crippen LogP contribution in [0.2, 0.25) is 0 Å². The van der Waals surface area contributed by atoms with Crippen LogP contribution in [0.1, 0.15) is 67.2 Å². The van der Waals surface area contributed by atoms with E-state index in [1.807, 2.05) is 72.8 Å². The fourth-order valence-electron chi connectivity index (χ4n) is 7.35. The van der Waals surface area contributed by atoms with Crippen LogP contribution in [0.4, 0.5) is 0 Å². The SMILES string of the molecule is COc1ccc(C=C2CCC3(C2=O)C(c2ccc(OC)cc2)OC2(O)CCCCC2C3c2ccccc2)cc1. The Labute approximate surface area is 230 Å². The Morgan fingerprint density at radius 1 is 0.846 bits per heavy atom. The van der Waals surface area contributed by atoms with E-state index in [4.69, 9.17) is 14.2 Å². The molecule has 3 fully saturated rings. The molecule has 0 bridgehead atoms. The van der Waals surface area contributed by atoms with Crippen molar-refractivity contribution in [3.8, 4) is 11.5 Å². The number of ether oxygens (including phenoxy) is 3. The van der Waals surface area contributed by atoms with E-state index in [1.165, 1.54) is 0 Å². The van der Waals surface area contributed by atoms with Gasteiger partial charge in [-0.05, 0) is 78.3 Å². The van der Waals surface area contributed by atoms with Gasteiger partial charge < -0.3 is 19.3 Å². The average Bonchev–Trinajstić information content (AvgIpc) is 3.29. The molecule has 1 saturated heterocycles. The zero-order valence-corrected chi connectivity index (χ0v) is 22.6. The molecule has 0 radical (unpaired) electrons. The number of benzene rings is 3. The van der Waals surface area contributed by atoms with Gasteiger partial charge in [-0.25, -0.2) is 0 Å². The third kappa shape index (κ3) is 4.38. The molecule has 3 aliphatic rings. The number of ketones is 1. The van der Waals surface area contributed by atoms with Crippen LogP contribution in [-0.4, -0.2) is 30.9 Å². The predicted octanol–water partition coefficient (Wildman–Crippen LogP) is 6.87. The summed E-state index contributed by atoms with van der Waals surface area (Å²) in [7, 11) is 3.29. The van der Waals surface area contributed by atoms with Crippen LogP contribution in [0.3, 0.4) is 0 Å². The van der Waals surface area contributed by atoms with Crippen LogP contribution in [-0.2, 0) is 9.53 Å². The average molecular weight is 525 g/mol. The van der Waals surface area contributed by atoms with Crippen molar-refractivity contribution in [1.82, 2.24) is 0 Å². The molecule has 5 nitrogen and oxygen atoms in total. The zero-order valence-electron chi connectivity index (χ0n) is 22.6. The summed E-state index contributed by atoms with van der Waals surface area (Å²) >= 11 is 0. The highest BCUT2D eigenvalue weighted by molar-refractivity contribution is 6.07. The number of aliphatic hydroxyl groups is 1. The second kappa shape index (κ2) is 10.3. The van der Waals surface area contributed by atoms with Gasteiger partial charge in [0.15, 0.2) is 11.6 Å². The molecule has 3 aromatic carbocycles. The molecular weight excluding hydrogens is 488 g/mol. The lowest BCUT2D eigenvalue weighted by Crippen LogP contribution is -2.59. The molecule has 1 heterocycles. The number of carbonyl (C=O) groups is 1. The minimum atomic E-state index is -1.28. The minimum Gasteiger partial charge on any atom is -0.497 e. The number of allylic oxidation sites excluding steroid dienone is 1. The molecule has 6 rings (SSSR count). The molecule has 5 unspecified atom stereocenters. The number of rotatable bonds is 5. The van der Waals surface area contributed by atoms with Gasteiger partial charge in [-0.3, -0.25) is 4.79 Å². The smallest absolute Gasteiger partial charge is 0.169 e. The molecule has 0 amide bonds. The topological polar surface area (TPSA) is 65.0 Å². The lowest BCUT2D eigenvalue weighted by atomic mass is 9.55. The highest BCUT2D eigenvalue weighted by Gasteiger charge is 2.66. The van der Waals surface area contributed by atoms with Crippen molar-refractivity contribution in [3.63, 3.8) is 0 Å². The van der Waals surface area contributed by atoms with E-state index in [-0.39, 0.29) is 17.6 Å². The van der Waals surface area contributed by atoms with Gasteiger partial charge in [0.05, 0.1) is 25.7 Å². The van der Waals surface area contributed by atoms with Gasteiger partial charge in [-0.1, -0.05) is 61.0 Å². The molecule has 0 aromatic heterocycles. The van der Waals surface area contributed by atoms with Crippen molar-refractivity contribution in [2.24, 2.45) is 11.3 Å². The second-order valence-electron chi connectivity index (χ2n) is 11.2. The Morgan fingerprint density at radius 2 is 1.51 bits per heavy atom. The van der Waals surface area contributed by atoms with Crippen molar-refractivity contribution < 1.29 is 24.1 Å². The summed E-state index contributed by atoms with van der Waals surface area (Å²) in [5, 5.41) is 12.1. The first-order chi connectivity index (χ1) is 19.0. The van der Waals surface area contributed by atoms with Gasteiger partial charge >= 0.3 is 0 Å². The molecule has 5 heteroatoms. The highest BCUT2D eigenvalue weighted by Crippen LogP contribution is 2.67. The lowest BCUT2D eigenvalue weighted by molar-refractivity contribution is -0.330. The molecule has 1 aliphatic heterocycles. The fourth-order valence-corrected chi connectivity index (χ4v) is 7.35. The largest absolute Gasteiger partial charge is 0.497 e. The van der Waals surface area contributed by atoms with Gasteiger partial charge in [0.25, 0.3) is 0 Å². The first-order valence-corrected chi connectivity index (χ1v) is 14.0. The van der Waals surface area contributed by atoms with Gasteiger partial charge in [0, 0.05) is 18.3 Å². The quantitative estimate of drug-likeness (QED) is 0.369. The second-order valence-corrected chi connectivity index (χ2v) is 11.2. The lowest BCUT2D eigenvalue weighted by Gasteiger charge is -2.58. The summed E-state index contributed by atoms with van der Waals surface area (Å²) < 4.78 is 17.5. The normalized spacial score (nSPS) is 31.3. The standard InChI is InChI=1S/C34H36O5/c1-37-27-15-11-23(12-16-27)22-26-19-21-33(31(26)35)30(24-8-4-3-5-9-24)29-10-6-7-20-34(29,36)39-32(33)25-13-17-28(38-2)18-14-25/h3-5,8-9,11-18,22,29-30,32,36H,6-7,10,19-21H2,1-2H3. The third-order valence-corrected chi connectivity index (χ3v) is 9.18. The van der Waals surface area contributed by atoms with Crippen LogP contribution >= 0.6 is 0 Å².